The van der Waals surface area contributed by atoms with Gasteiger partial charge in [0.05, 0.1) is 18.7 Å². The zero-order chi connectivity index (χ0) is 9.47. The highest BCUT2D eigenvalue weighted by Gasteiger charge is 2.58. The summed E-state index contributed by atoms with van der Waals surface area (Å²) >= 11 is 0. The molecule has 0 amide bonds. The Morgan fingerprint density at radius 3 is 2.92 bits per heavy atom. The summed E-state index contributed by atoms with van der Waals surface area (Å²) in [5.41, 5.74) is 5.93. The Kier molecular flexibility index (Phi) is 1.83. The molecule has 72 valence electrons. The quantitative estimate of drug-likeness (QED) is 0.766. The molecule has 3 nitrogen and oxygen atoms in total. The van der Waals surface area contributed by atoms with E-state index in [-0.39, 0.29) is 6.42 Å². The molecule has 0 radical (unpaired) electrons. The lowest BCUT2D eigenvalue weighted by molar-refractivity contribution is 0.112. The van der Waals surface area contributed by atoms with E-state index in [0.29, 0.717) is 18.7 Å². The third kappa shape index (κ3) is 1.56. The van der Waals surface area contributed by atoms with Crippen LogP contribution in [0, 0.1) is 0 Å². The predicted molar refractivity (Wildman–Crippen MR) is 43.6 cm³/mol. The Hall–Kier alpha value is -0.970. The fourth-order valence-electron chi connectivity index (χ4n) is 1.39. The van der Waals surface area contributed by atoms with E-state index in [9.17, 15) is 8.78 Å². The maximum Gasteiger partial charge on any atom is 0.256 e. The standard InChI is InChI=1S/C8H11F2N3/c9-8(10)3-7(8)6-4-12-13(5-6)2-1-11/h4-5,7H,1-3,11H2. The van der Waals surface area contributed by atoms with Gasteiger partial charge in [-0.05, 0) is 5.56 Å². The molecule has 1 atom stereocenters. The van der Waals surface area contributed by atoms with Gasteiger partial charge in [0.1, 0.15) is 0 Å². The number of rotatable bonds is 3. The lowest BCUT2D eigenvalue weighted by Crippen LogP contribution is -2.09. The summed E-state index contributed by atoms with van der Waals surface area (Å²) in [7, 11) is 0. The summed E-state index contributed by atoms with van der Waals surface area (Å²) in [6.45, 7) is 1.06. The van der Waals surface area contributed by atoms with Crippen LogP contribution >= 0.6 is 0 Å². The van der Waals surface area contributed by atoms with Gasteiger partial charge in [0.25, 0.3) is 5.92 Å². The molecule has 1 heterocycles. The minimum absolute atomic E-state index is 0.0404. The summed E-state index contributed by atoms with van der Waals surface area (Å²) in [6.07, 6.45) is 3.11. The zero-order valence-corrected chi connectivity index (χ0v) is 7.08. The first-order valence-corrected chi connectivity index (χ1v) is 4.24. The molecule has 0 bridgehead atoms. The minimum Gasteiger partial charge on any atom is -0.329 e. The van der Waals surface area contributed by atoms with Crippen LogP contribution in [0.3, 0.4) is 0 Å². The molecule has 1 aliphatic carbocycles. The normalized spacial score (nSPS) is 24.7. The second kappa shape index (κ2) is 2.77. The van der Waals surface area contributed by atoms with E-state index in [2.05, 4.69) is 5.10 Å². The number of nitrogens with zero attached hydrogens (tertiary/aromatic N) is 2. The third-order valence-electron chi connectivity index (χ3n) is 2.24. The molecule has 1 unspecified atom stereocenters. The van der Waals surface area contributed by atoms with Gasteiger partial charge in [0.2, 0.25) is 0 Å². The van der Waals surface area contributed by atoms with Crippen LogP contribution < -0.4 is 5.73 Å². The summed E-state index contributed by atoms with van der Waals surface area (Å²) in [5, 5.41) is 3.94. The molecular weight excluding hydrogens is 176 g/mol. The smallest absolute Gasteiger partial charge is 0.256 e. The molecule has 1 saturated carbocycles. The SMILES string of the molecule is NCCn1cc(C2CC2(F)F)cn1. The second-order valence-corrected chi connectivity index (χ2v) is 3.34. The molecule has 0 aliphatic heterocycles. The second-order valence-electron chi connectivity index (χ2n) is 3.34. The topological polar surface area (TPSA) is 43.8 Å². The third-order valence-corrected chi connectivity index (χ3v) is 2.24. The number of hydrogen-bond donors (Lipinski definition) is 1. The van der Waals surface area contributed by atoms with E-state index in [1.165, 1.54) is 6.20 Å². The first kappa shape index (κ1) is 8.62. The maximum atomic E-state index is 12.6. The Bertz CT molecular complexity index is 308. The molecular formula is C8H11F2N3. The highest BCUT2D eigenvalue weighted by atomic mass is 19.3. The number of hydrogen-bond acceptors (Lipinski definition) is 2. The van der Waals surface area contributed by atoms with Crippen LogP contribution in [0.2, 0.25) is 0 Å². The van der Waals surface area contributed by atoms with Crippen LogP contribution in [0.4, 0.5) is 8.78 Å². The van der Waals surface area contributed by atoms with Crippen molar-refractivity contribution >= 4 is 0 Å². The fraction of sp³-hybridized carbons (Fsp3) is 0.625. The number of alkyl halides is 2. The van der Waals surface area contributed by atoms with E-state index < -0.39 is 11.8 Å². The Morgan fingerprint density at radius 1 is 1.69 bits per heavy atom. The Balaban J connectivity index is 2.07. The van der Waals surface area contributed by atoms with Crippen molar-refractivity contribution in [3.63, 3.8) is 0 Å². The van der Waals surface area contributed by atoms with Crippen LogP contribution in [-0.4, -0.2) is 22.2 Å². The summed E-state index contributed by atoms with van der Waals surface area (Å²) in [6, 6.07) is 0. The van der Waals surface area contributed by atoms with Crippen molar-refractivity contribution in [3.8, 4) is 0 Å². The van der Waals surface area contributed by atoms with Crippen LogP contribution in [0.5, 0.6) is 0 Å². The Morgan fingerprint density at radius 2 is 2.38 bits per heavy atom. The van der Waals surface area contributed by atoms with Gasteiger partial charge in [-0.15, -0.1) is 0 Å². The molecule has 0 saturated heterocycles. The monoisotopic (exact) mass is 187 g/mol. The molecule has 13 heavy (non-hydrogen) atoms. The first-order chi connectivity index (χ1) is 6.13. The average molecular weight is 187 g/mol. The van der Waals surface area contributed by atoms with Crippen molar-refractivity contribution in [2.24, 2.45) is 5.73 Å². The van der Waals surface area contributed by atoms with Gasteiger partial charge in [-0.1, -0.05) is 0 Å². The number of aromatic nitrogens is 2. The summed E-state index contributed by atoms with van der Waals surface area (Å²) in [4.78, 5) is 0. The fourth-order valence-corrected chi connectivity index (χ4v) is 1.39. The molecule has 2 N–H and O–H groups in total. The lowest BCUT2D eigenvalue weighted by Gasteiger charge is -1.95. The molecule has 5 heteroatoms. The Labute approximate surface area is 74.5 Å². The van der Waals surface area contributed by atoms with Crippen molar-refractivity contribution < 1.29 is 8.78 Å². The minimum atomic E-state index is -2.50. The van der Waals surface area contributed by atoms with Crippen molar-refractivity contribution in [1.82, 2.24) is 9.78 Å². The first-order valence-electron chi connectivity index (χ1n) is 4.24. The molecule has 1 aromatic heterocycles. The highest BCUT2D eigenvalue weighted by Crippen LogP contribution is 2.55. The highest BCUT2D eigenvalue weighted by molar-refractivity contribution is 5.24. The predicted octanol–water partition coefficient (Wildman–Crippen LogP) is 0.964. The van der Waals surface area contributed by atoms with Crippen molar-refractivity contribution in [2.45, 2.75) is 24.8 Å². The van der Waals surface area contributed by atoms with Gasteiger partial charge in [-0.2, -0.15) is 5.10 Å². The van der Waals surface area contributed by atoms with Gasteiger partial charge in [0.15, 0.2) is 0 Å². The molecule has 1 aliphatic rings. The summed E-state index contributed by atoms with van der Waals surface area (Å²) < 4.78 is 26.8. The largest absolute Gasteiger partial charge is 0.329 e. The van der Waals surface area contributed by atoms with Crippen LogP contribution in [0.25, 0.3) is 0 Å². The molecule has 0 spiro atoms. The summed E-state index contributed by atoms with van der Waals surface area (Å²) in [5.74, 6) is -3.12. The molecule has 0 aromatic carbocycles. The van der Waals surface area contributed by atoms with Gasteiger partial charge in [0, 0.05) is 19.2 Å². The number of halogens is 2. The van der Waals surface area contributed by atoms with E-state index in [4.69, 9.17) is 5.73 Å². The van der Waals surface area contributed by atoms with Gasteiger partial charge in [-0.25, -0.2) is 8.78 Å². The van der Waals surface area contributed by atoms with Gasteiger partial charge >= 0.3 is 0 Å². The van der Waals surface area contributed by atoms with Gasteiger partial charge in [-0.3, -0.25) is 4.68 Å². The van der Waals surface area contributed by atoms with Crippen LogP contribution in [0.15, 0.2) is 12.4 Å². The maximum absolute atomic E-state index is 12.6. The van der Waals surface area contributed by atoms with Crippen LogP contribution in [-0.2, 0) is 6.54 Å². The van der Waals surface area contributed by atoms with Gasteiger partial charge < -0.3 is 5.73 Å². The van der Waals surface area contributed by atoms with Crippen molar-refractivity contribution in [3.05, 3.63) is 18.0 Å². The molecule has 1 fully saturated rings. The zero-order valence-electron chi connectivity index (χ0n) is 7.08. The molecule has 1 aromatic rings. The average Bonchev–Trinajstić information content (AvgIpc) is 2.52. The van der Waals surface area contributed by atoms with Crippen LogP contribution in [0.1, 0.15) is 17.9 Å². The lowest BCUT2D eigenvalue weighted by atomic mass is 10.2. The van der Waals surface area contributed by atoms with E-state index >= 15 is 0 Å². The number of nitrogens with two attached hydrogens (primary N) is 1. The molecule has 2 rings (SSSR count). The van der Waals surface area contributed by atoms with E-state index in [0.717, 1.165) is 0 Å². The van der Waals surface area contributed by atoms with E-state index in [1.807, 2.05) is 0 Å². The van der Waals surface area contributed by atoms with E-state index in [1.54, 1.807) is 10.9 Å². The van der Waals surface area contributed by atoms with Crippen molar-refractivity contribution in [1.29, 1.82) is 0 Å². The van der Waals surface area contributed by atoms with Crippen molar-refractivity contribution in [2.75, 3.05) is 6.54 Å².